The van der Waals surface area contributed by atoms with Crippen LogP contribution in [0.3, 0.4) is 0 Å². The number of hydrogen-bond donors (Lipinski definition) is 2. The van der Waals surface area contributed by atoms with Gasteiger partial charge in [0, 0.05) is 0 Å². The molecule has 0 fully saturated rings. The van der Waals surface area contributed by atoms with Gasteiger partial charge in [-0.05, 0) is 16.5 Å². The van der Waals surface area contributed by atoms with Crippen molar-refractivity contribution < 1.29 is 14.6 Å². The maximum absolute atomic E-state index is 12.4. The maximum Gasteiger partial charge on any atom is 0.325 e. The van der Waals surface area contributed by atoms with E-state index < -0.39 is 23.5 Å². The van der Waals surface area contributed by atoms with Crippen LogP contribution in [0.5, 0.6) is 0 Å². The molecule has 2 atom stereocenters. The number of carbonyl (C=O) groups excluding carboxylic acids is 1. The van der Waals surface area contributed by atoms with Gasteiger partial charge in [0.25, 0.3) is 0 Å². The first kappa shape index (κ1) is 19.2. The van der Waals surface area contributed by atoms with Crippen molar-refractivity contribution in [1.82, 2.24) is 5.32 Å². The Labute approximate surface area is 149 Å². The second-order valence-corrected chi connectivity index (χ2v) is 7.23. The average molecular weight is 341 g/mol. The van der Waals surface area contributed by atoms with Crippen LogP contribution in [0.1, 0.15) is 37.9 Å². The molecule has 134 valence electrons. The molecule has 2 aromatic rings. The predicted octanol–water partition coefficient (Wildman–Crippen LogP) is 3.31. The third-order valence-corrected chi connectivity index (χ3v) is 4.27. The Hall–Kier alpha value is -2.17. The molecule has 4 heteroatoms. The van der Waals surface area contributed by atoms with Gasteiger partial charge in [0.2, 0.25) is 0 Å². The molecule has 2 unspecified atom stereocenters. The van der Waals surface area contributed by atoms with Crippen molar-refractivity contribution in [2.45, 2.75) is 39.0 Å². The minimum atomic E-state index is -0.894. The summed E-state index contributed by atoms with van der Waals surface area (Å²) in [5.41, 5.74) is 1.57. The third kappa shape index (κ3) is 4.91. The Bertz CT molecular complexity index is 625. The number of carbonyl (C=O) groups is 1. The Morgan fingerprint density at radius 3 is 1.76 bits per heavy atom. The van der Waals surface area contributed by atoms with Crippen molar-refractivity contribution in [1.29, 1.82) is 0 Å². The number of ether oxygens (including phenoxy) is 1. The Morgan fingerprint density at radius 1 is 0.960 bits per heavy atom. The molecule has 2 N–H and O–H groups in total. The van der Waals surface area contributed by atoms with Gasteiger partial charge in [-0.3, -0.25) is 10.1 Å². The molecule has 0 aliphatic carbocycles. The van der Waals surface area contributed by atoms with Gasteiger partial charge >= 0.3 is 5.97 Å². The van der Waals surface area contributed by atoms with Gasteiger partial charge < -0.3 is 9.84 Å². The lowest BCUT2D eigenvalue weighted by Gasteiger charge is -2.34. The predicted molar refractivity (Wildman–Crippen MR) is 99.1 cm³/mol. The standard InChI is InChI=1S/C21H27NO3/c1-21(2,3)19(23)18(20(24)25-4)22-17(15-11-7-5-8-12-15)16-13-9-6-10-14-16/h5-14,17-19,22-23H,1-4H3. The number of benzene rings is 2. The average Bonchev–Trinajstić information content (AvgIpc) is 2.62. The van der Waals surface area contributed by atoms with Crippen molar-refractivity contribution in [3.05, 3.63) is 71.8 Å². The zero-order valence-electron chi connectivity index (χ0n) is 15.3. The van der Waals surface area contributed by atoms with Crippen LogP contribution >= 0.6 is 0 Å². The van der Waals surface area contributed by atoms with Gasteiger partial charge in [0.05, 0.1) is 19.3 Å². The first-order valence-electron chi connectivity index (χ1n) is 8.46. The van der Waals surface area contributed by atoms with E-state index >= 15 is 0 Å². The molecule has 0 aliphatic heterocycles. The Balaban J connectivity index is 2.41. The van der Waals surface area contributed by atoms with E-state index in [0.717, 1.165) is 11.1 Å². The molecular formula is C21H27NO3. The molecule has 0 amide bonds. The first-order chi connectivity index (χ1) is 11.8. The highest BCUT2D eigenvalue weighted by atomic mass is 16.5. The molecular weight excluding hydrogens is 314 g/mol. The summed E-state index contributed by atoms with van der Waals surface area (Å²) < 4.78 is 4.94. The number of rotatable bonds is 6. The van der Waals surface area contributed by atoms with Crippen molar-refractivity contribution in [2.75, 3.05) is 7.11 Å². The fraction of sp³-hybridized carbons (Fsp3) is 0.381. The molecule has 0 aliphatic rings. The fourth-order valence-corrected chi connectivity index (χ4v) is 2.77. The highest BCUT2D eigenvalue weighted by Crippen LogP contribution is 2.27. The van der Waals surface area contributed by atoms with Crippen LogP contribution in [0, 0.1) is 5.41 Å². The normalized spacial score (nSPS) is 14.2. The largest absolute Gasteiger partial charge is 0.468 e. The number of aliphatic hydroxyl groups is 1. The molecule has 0 bridgehead atoms. The molecule has 2 aromatic carbocycles. The summed E-state index contributed by atoms with van der Waals surface area (Å²) in [6.07, 6.45) is -0.894. The summed E-state index contributed by atoms with van der Waals surface area (Å²) in [4.78, 5) is 12.4. The zero-order valence-corrected chi connectivity index (χ0v) is 15.3. The summed E-state index contributed by atoms with van der Waals surface area (Å²) in [6, 6.07) is 18.7. The second-order valence-electron chi connectivity index (χ2n) is 7.23. The quantitative estimate of drug-likeness (QED) is 0.792. The Kier molecular flexibility index (Phi) is 6.34. The van der Waals surface area contributed by atoms with E-state index in [2.05, 4.69) is 5.32 Å². The highest BCUT2D eigenvalue weighted by molar-refractivity contribution is 5.76. The van der Waals surface area contributed by atoms with E-state index in [4.69, 9.17) is 4.74 Å². The summed E-state index contributed by atoms with van der Waals surface area (Å²) in [5.74, 6) is -0.473. The van der Waals surface area contributed by atoms with Crippen LogP contribution in [-0.4, -0.2) is 30.3 Å². The molecule has 0 saturated carbocycles. The SMILES string of the molecule is COC(=O)C(NC(c1ccccc1)c1ccccc1)C(O)C(C)(C)C. The second kappa shape index (κ2) is 8.28. The van der Waals surface area contributed by atoms with E-state index in [9.17, 15) is 9.90 Å². The summed E-state index contributed by atoms with van der Waals surface area (Å²) in [5, 5.41) is 14.0. The van der Waals surface area contributed by atoms with Crippen molar-refractivity contribution >= 4 is 5.97 Å². The summed E-state index contributed by atoms with van der Waals surface area (Å²) in [7, 11) is 1.34. The van der Waals surface area contributed by atoms with Gasteiger partial charge in [-0.1, -0.05) is 81.4 Å². The van der Waals surface area contributed by atoms with Gasteiger partial charge in [-0.2, -0.15) is 0 Å². The van der Waals surface area contributed by atoms with Crippen molar-refractivity contribution in [2.24, 2.45) is 5.41 Å². The third-order valence-electron chi connectivity index (χ3n) is 4.27. The maximum atomic E-state index is 12.4. The first-order valence-corrected chi connectivity index (χ1v) is 8.46. The Morgan fingerprint density at radius 2 is 1.40 bits per heavy atom. The number of aliphatic hydroxyl groups excluding tert-OH is 1. The lowest BCUT2D eigenvalue weighted by atomic mass is 9.84. The lowest BCUT2D eigenvalue weighted by molar-refractivity contribution is -0.148. The molecule has 0 spiro atoms. The minimum Gasteiger partial charge on any atom is -0.468 e. The van der Waals surface area contributed by atoms with E-state index in [1.807, 2.05) is 81.4 Å². The van der Waals surface area contributed by atoms with E-state index in [-0.39, 0.29) is 6.04 Å². The molecule has 0 aromatic heterocycles. The van der Waals surface area contributed by atoms with Gasteiger partial charge in [-0.25, -0.2) is 0 Å². The van der Waals surface area contributed by atoms with E-state index in [1.54, 1.807) is 0 Å². The van der Waals surface area contributed by atoms with E-state index in [1.165, 1.54) is 7.11 Å². The molecule has 25 heavy (non-hydrogen) atoms. The smallest absolute Gasteiger partial charge is 0.325 e. The number of esters is 1. The van der Waals surface area contributed by atoms with Crippen LogP contribution in [0.2, 0.25) is 0 Å². The fourth-order valence-electron chi connectivity index (χ4n) is 2.77. The molecule has 2 rings (SSSR count). The monoisotopic (exact) mass is 341 g/mol. The van der Waals surface area contributed by atoms with Gasteiger partial charge in [-0.15, -0.1) is 0 Å². The van der Waals surface area contributed by atoms with Crippen LogP contribution in [0.25, 0.3) is 0 Å². The molecule has 0 saturated heterocycles. The van der Waals surface area contributed by atoms with Gasteiger partial charge in [0.15, 0.2) is 0 Å². The van der Waals surface area contributed by atoms with Crippen LogP contribution in [-0.2, 0) is 9.53 Å². The molecule has 0 radical (unpaired) electrons. The van der Waals surface area contributed by atoms with Crippen LogP contribution in [0.15, 0.2) is 60.7 Å². The van der Waals surface area contributed by atoms with Crippen LogP contribution in [0.4, 0.5) is 0 Å². The number of nitrogens with one attached hydrogen (secondary N) is 1. The number of methoxy groups -OCH3 is 1. The topological polar surface area (TPSA) is 58.6 Å². The summed E-state index contributed by atoms with van der Waals surface area (Å²) in [6.45, 7) is 5.69. The van der Waals surface area contributed by atoms with Crippen LogP contribution < -0.4 is 5.32 Å². The minimum absolute atomic E-state index is 0.233. The molecule has 4 nitrogen and oxygen atoms in total. The lowest BCUT2D eigenvalue weighted by Crippen LogP contribution is -2.53. The van der Waals surface area contributed by atoms with Crippen molar-refractivity contribution in [3.8, 4) is 0 Å². The van der Waals surface area contributed by atoms with Gasteiger partial charge in [0.1, 0.15) is 6.04 Å². The summed E-state index contributed by atoms with van der Waals surface area (Å²) >= 11 is 0. The van der Waals surface area contributed by atoms with E-state index in [0.29, 0.717) is 0 Å². The zero-order chi connectivity index (χ0) is 18.4. The number of hydrogen-bond acceptors (Lipinski definition) is 4. The van der Waals surface area contributed by atoms with Crippen molar-refractivity contribution in [3.63, 3.8) is 0 Å². The highest BCUT2D eigenvalue weighted by Gasteiger charge is 2.37. The molecule has 0 heterocycles.